The van der Waals surface area contributed by atoms with Crippen molar-refractivity contribution in [1.29, 1.82) is 0 Å². The molecule has 0 bridgehead atoms. The van der Waals surface area contributed by atoms with Gasteiger partial charge in [0.1, 0.15) is 17.9 Å². The number of methoxy groups -OCH3 is 1. The van der Waals surface area contributed by atoms with Crippen molar-refractivity contribution in [2.45, 2.75) is 18.9 Å². The highest BCUT2D eigenvalue weighted by atomic mass is 16.5. The summed E-state index contributed by atoms with van der Waals surface area (Å²) in [5.41, 5.74) is 0.439. The number of esters is 1. The second-order valence-electron chi connectivity index (χ2n) is 6.11. The Labute approximate surface area is 150 Å². The van der Waals surface area contributed by atoms with E-state index in [9.17, 15) is 4.79 Å². The summed E-state index contributed by atoms with van der Waals surface area (Å²) < 4.78 is 12.7. The van der Waals surface area contributed by atoms with Crippen molar-refractivity contribution in [1.82, 2.24) is 15.1 Å². The van der Waals surface area contributed by atoms with Gasteiger partial charge >= 0.3 is 11.7 Å². The molecule has 3 heterocycles. The second-order valence-corrected chi connectivity index (χ2v) is 6.11. The number of rotatable bonds is 5. The predicted molar refractivity (Wildman–Crippen MR) is 93.2 cm³/mol. The van der Waals surface area contributed by atoms with Crippen molar-refractivity contribution in [2.75, 3.05) is 25.2 Å². The number of carbonyl (C=O) groups excluding carboxylic acids is 1. The highest BCUT2D eigenvalue weighted by molar-refractivity contribution is 5.92. The number of aromatic amines is 1. The van der Waals surface area contributed by atoms with Crippen LogP contribution < -0.4 is 14.2 Å². The lowest BCUT2D eigenvalue weighted by molar-refractivity contribution is -0.567. The topological polar surface area (TPSA) is 84.4 Å². The van der Waals surface area contributed by atoms with Crippen molar-refractivity contribution < 1.29 is 18.8 Å². The fourth-order valence-corrected chi connectivity index (χ4v) is 3.36. The molecular formula is C18H20N5O3+. The van der Waals surface area contributed by atoms with Gasteiger partial charge < -0.3 is 14.4 Å². The minimum absolute atomic E-state index is 0.107. The lowest BCUT2D eigenvalue weighted by atomic mass is 10.2. The van der Waals surface area contributed by atoms with Gasteiger partial charge in [-0.15, -0.1) is 9.50 Å². The first-order valence-electron chi connectivity index (χ1n) is 8.55. The van der Waals surface area contributed by atoms with Gasteiger partial charge in [-0.3, -0.25) is 0 Å². The van der Waals surface area contributed by atoms with Crippen LogP contribution in [0.5, 0.6) is 5.75 Å². The number of nitrogens with zero attached hydrogens (tertiary/aromatic N) is 4. The van der Waals surface area contributed by atoms with Gasteiger partial charge in [-0.1, -0.05) is 17.1 Å². The molecular weight excluding hydrogens is 334 g/mol. The summed E-state index contributed by atoms with van der Waals surface area (Å²) in [5.74, 6) is 1.72. The van der Waals surface area contributed by atoms with E-state index in [1.54, 1.807) is 37.8 Å². The van der Waals surface area contributed by atoms with Gasteiger partial charge in [-0.25, -0.2) is 9.89 Å². The van der Waals surface area contributed by atoms with Crippen molar-refractivity contribution in [3.63, 3.8) is 0 Å². The molecule has 26 heavy (non-hydrogen) atoms. The van der Waals surface area contributed by atoms with E-state index in [4.69, 9.17) is 9.47 Å². The maximum atomic E-state index is 12.4. The Bertz CT molecular complexity index is 926. The van der Waals surface area contributed by atoms with Gasteiger partial charge in [-0.2, -0.15) is 0 Å². The van der Waals surface area contributed by atoms with Gasteiger partial charge in [0, 0.05) is 6.07 Å². The zero-order valence-electron chi connectivity index (χ0n) is 14.5. The van der Waals surface area contributed by atoms with Gasteiger partial charge in [0.15, 0.2) is 6.33 Å². The minimum atomic E-state index is -0.372. The number of nitrogens with one attached hydrogen (secondary N) is 1. The molecule has 0 radical (unpaired) electrons. The molecule has 3 aromatic rings. The SMILES string of the molecule is COc1ccccc1C(=O)OC[C@H]1CCCN1c1ccnc2nc[nH][n+]12. The van der Waals surface area contributed by atoms with Crippen LogP contribution in [0.25, 0.3) is 5.78 Å². The van der Waals surface area contributed by atoms with E-state index in [1.165, 1.54) is 0 Å². The van der Waals surface area contributed by atoms with Crippen molar-refractivity contribution in [3.05, 3.63) is 48.4 Å². The van der Waals surface area contributed by atoms with Crippen molar-refractivity contribution >= 4 is 17.6 Å². The normalized spacial score (nSPS) is 16.8. The van der Waals surface area contributed by atoms with Crippen LogP contribution >= 0.6 is 0 Å². The average molecular weight is 354 g/mol. The van der Waals surface area contributed by atoms with Crippen LogP contribution in [-0.2, 0) is 4.74 Å². The molecule has 1 N–H and O–H groups in total. The summed E-state index contributed by atoms with van der Waals surface area (Å²) in [6.45, 7) is 1.21. The number of fused-ring (bicyclic) bond motifs is 1. The zero-order valence-corrected chi connectivity index (χ0v) is 14.5. The van der Waals surface area contributed by atoms with E-state index in [0.29, 0.717) is 23.7 Å². The van der Waals surface area contributed by atoms with Crippen molar-refractivity contribution in [2.24, 2.45) is 0 Å². The van der Waals surface area contributed by atoms with Crippen LogP contribution in [0.4, 0.5) is 5.82 Å². The van der Waals surface area contributed by atoms with Crippen molar-refractivity contribution in [3.8, 4) is 5.75 Å². The number of hydrogen-bond acceptors (Lipinski definition) is 6. The lowest BCUT2D eigenvalue weighted by Gasteiger charge is -2.22. The quantitative estimate of drug-likeness (QED) is 0.550. The summed E-state index contributed by atoms with van der Waals surface area (Å²) >= 11 is 0. The molecule has 0 spiro atoms. The number of hydrogen-bond donors (Lipinski definition) is 1. The van der Waals surface area contributed by atoms with Crippen LogP contribution in [0.2, 0.25) is 0 Å². The molecule has 1 atom stereocenters. The fourth-order valence-electron chi connectivity index (χ4n) is 3.36. The van der Waals surface area contributed by atoms with E-state index in [-0.39, 0.29) is 12.0 Å². The number of anilines is 1. The Balaban J connectivity index is 1.49. The fraction of sp³-hybridized carbons (Fsp3) is 0.333. The third-order valence-electron chi connectivity index (χ3n) is 4.61. The first kappa shape index (κ1) is 16.3. The number of para-hydroxylation sites is 1. The molecule has 0 unspecified atom stereocenters. The molecule has 1 aromatic carbocycles. The standard InChI is InChI=1S/C18H19N5O3/c1-25-15-7-3-2-6-14(15)17(24)26-11-13-5-4-10-22(13)16-8-9-19-18-20-12-21-23(16)18/h2-3,6-9,12-13H,4-5,10-11H2,1H3/p+1/t13-/m1/s1. The molecule has 134 valence electrons. The number of ether oxygens (including phenoxy) is 2. The third kappa shape index (κ3) is 2.94. The van der Waals surface area contributed by atoms with Gasteiger partial charge in [0.2, 0.25) is 5.82 Å². The monoisotopic (exact) mass is 354 g/mol. The Morgan fingerprint density at radius 3 is 3.12 bits per heavy atom. The van der Waals surface area contributed by atoms with Crippen LogP contribution in [0.1, 0.15) is 23.2 Å². The van der Waals surface area contributed by atoms with Gasteiger partial charge in [0.25, 0.3) is 0 Å². The molecule has 1 aliphatic rings. The average Bonchev–Trinajstić information content (AvgIpc) is 3.34. The summed E-state index contributed by atoms with van der Waals surface area (Å²) in [4.78, 5) is 23.1. The van der Waals surface area contributed by atoms with Crippen LogP contribution in [-0.4, -0.2) is 47.3 Å². The molecule has 0 amide bonds. The summed E-state index contributed by atoms with van der Waals surface area (Å²) in [7, 11) is 1.54. The number of H-pyrrole nitrogens is 1. The van der Waals surface area contributed by atoms with E-state index < -0.39 is 0 Å². The number of benzene rings is 1. The molecule has 8 heteroatoms. The minimum Gasteiger partial charge on any atom is -0.496 e. The summed E-state index contributed by atoms with van der Waals surface area (Å²) in [6.07, 6.45) is 5.34. The van der Waals surface area contributed by atoms with E-state index in [1.807, 2.05) is 16.6 Å². The lowest BCUT2D eigenvalue weighted by Crippen LogP contribution is -2.42. The molecule has 4 rings (SSSR count). The van der Waals surface area contributed by atoms with Crippen LogP contribution in [0.15, 0.2) is 42.9 Å². The van der Waals surface area contributed by atoms with E-state index in [2.05, 4.69) is 20.0 Å². The molecule has 0 saturated carbocycles. The Hall–Kier alpha value is -3.16. The third-order valence-corrected chi connectivity index (χ3v) is 4.61. The van der Waals surface area contributed by atoms with Gasteiger partial charge in [-0.05, 0) is 25.0 Å². The predicted octanol–water partition coefficient (Wildman–Crippen LogP) is 1.38. The highest BCUT2D eigenvalue weighted by Crippen LogP contribution is 2.24. The zero-order chi connectivity index (χ0) is 17.9. The Morgan fingerprint density at radius 2 is 2.23 bits per heavy atom. The van der Waals surface area contributed by atoms with Crippen LogP contribution in [0, 0.1) is 0 Å². The molecule has 1 saturated heterocycles. The maximum Gasteiger partial charge on any atom is 0.408 e. The largest absolute Gasteiger partial charge is 0.496 e. The molecule has 1 aliphatic heterocycles. The van der Waals surface area contributed by atoms with E-state index >= 15 is 0 Å². The molecule has 2 aromatic heterocycles. The van der Waals surface area contributed by atoms with Gasteiger partial charge in [0.05, 0.1) is 25.9 Å². The molecule has 8 nitrogen and oxygen atoms in total. The smallest absolute Gasteiger partial charge is 0.408 e. The summed E-state index contributed by atoms with van der Waals surface area (Å²) in [5, 5.41) is 3.07. The second kappa shape index (κ2) is 6.99. The highest BCUT2D eigenvalue weighted by Gasteiger charge is 2.32. The Morgan fingerprint density at radius 1 is 1.35 bits per heavy atom. The molecule has 0 aliphatic carbocycles. The summed E-state index contributed by atoms with van der Waals surface area (Å²) in [6, 6.07) is 9.12. The Kier molecular flexibility index (Phi) is 4.39. The maximum absolute atomic E-state index is 12.4. The number of aromatic nitrogens is 4. The van der Waals surface area contributed by atoms with Crippen LogP contribution in [0.3, 0.4) is 0 Å². The first-order chi connectivity index (χ1) is 12.8. The molecule has 1 fully saturated rings. The first-order valence-corrected chi connectivity index (χ1v) is 8.55. The van der Waals surface area contributed by atoms with E-state index in [0.717, 1.165) is 25.2 Å². The number of carbonyl (C=O) groups is 1.